The summed E-state index contributed by atoms with van der Waals surface area (Å²) in [5.74, 6) is 0. The predicted octanol–water partition coefficient (Wildman–Crippen LogP) is 6.52. The van der Waals surface area contributed by atoms with Crippen LogP contribution in [0.3, 0.4) is 0 Å². The first-order valence-electron chi connectivity index (χ1n) is 14.5. The fourth-order valence-corrected chi connectivity index (χ4v) is 8.23. The summed E-state index contributed by atoms with van der Waals surface area (Å²) in [5.41, 5.74) is 3.91. The van der Waals surface area contributed by atoms with Gasteiger partial charge in [0.1, 0.15) is 0 Å². The lowest BCUT2D eigenvalue weighted by molar-refractivity contribution is -0.146. The molecular weight excluding hydrogens is 583 g/mol. The van der Waals surface area contributed by atoms with Crippen molar-refractivity contribution < 1.29 is 18.6 Å². The van der Waals surface area contributed by atoms with Crippen LogP contribution in [0.4, 0.5) is 4.79 Å². The van der Waals surface area contributed by atoms with E-state index < -0.39 is 24.7 Å². The highest BCUT2D eigenvalue weighted by Gasteiger charge is 2.48. The van der Waals surface area contributed by atoms with Crippen molar-refractivity contribution in [1.29, 1.82) is 0 Å². The second-order valence-electron chi connectivity index (χ2n) is 11.1. The first-order chi connectivity index (χ1) is 20.8. The second-order valence-corrected chi connectivity index (χ2v) is 14.1. The number of hydrogen-bond acceptors (Lipinski definition) is 5. The number of nitrogens with one attached hydrogen (secondary N) is 1. The van der Waals surface area contributed by atoms with Crippen molar-refractivity contribution in [1.82, 2.24) is 19.8 Å². The van der Waals surface area contributed by atoms with Gasteiger partial charge in [-0.25, -0.2) is 9.46 Å². The van der Waals surface area contributed by atoms with Crippen LogP contribution in [0.1, 0.15) is 30.0 Å². The number of ether oxygens (including phenoxy) is 1. The maximum Gasteiger partial charge on any atom is 0.363 e. The molecule has 3 atom stereocenters. The molecule has 0 aliphatic carbocycles. The van der Waals surface area contributed by atoms with Gasteiger partial charge < -0.3 is 14.6 Å². The van der Waals surface area contributed by atoms with Crippen LogP contribution in [0.2, 0.25) is 0 Å². The van der Waals surface area contributed by atoms with Crippen molar-refractivity contribution in [3.63, 3.8) is 0 Å². The Morgan fingerprint density at radius 3 is 2.05 bits per heavy atom. The van der Waals surface area contributed by atoms with E-state index in [2.05, 4.69) is 89.6 Å². The molecule has 43 heavy (non-hydrogen) atoms. The average molecular weight is 619 g/mol. The van der Waals surface area contributed by atoms with Crippen LogP contribution >= 0.6 is 18.1 Å². The molecule has 1 N–H and O–H groups in total. The van der Waals surface area contributed by atoms with E-state index in [9.17, 15) is 9.36 Å². The zero-order chi connectivity index (χ0) is 30.0. The minimum Gasteiger partial charge on any atom is -0.351 e. The molecule has 10 heteroatoms. The highest BCUT2D eigenvalue weighted by atomic mass is 35.7. The molecule has 3 aromatic carbocycles. The summed E-state index contributed by atoms with van der Waals surface area (Å²) < 4.78 is 27.1. The van der Waals surface area contributed by atoms with Gasteiger partial charge in [0.15, 0.2) is 6.23 Å². The standard InChI is InChI=1S/C33H36ClN4O4P/c1-25-21-38(32(39)35-26(25)2)31-24-36(22-30(42-31)23-37-19-12-20-41-43(37,34)40)33(27-13-6-3-7-14-27,28-15-8-4-9-16-28)29-17-10-5-11-18-29/h3-11,13-18,21,30-31H,2,12,19-20,22-24H2,1H3,(H,35,39). The molecule has 0 bridgehead atoms. The number of nitrogens with zero attached hydrogens (tertiary/aromatic N) is 3. The number of morpholine rings is 1. The second kappa shape index (κ2) is 12.4. The summed E-state index contributed by atoms with van der Waals surface area (Å²) in [6.07, 6.45) is 1.40. The summed E-state index contributed by atoms with van der Waals surface area (Å²) in [7, 11) is 0. The topological polar surface area (TPSA) is 74.4 Å². The Kier molecular flexibility index (Phi) is 8.60. The van der Waals surface area contributed by atoms with Crippen LogP contribution in [0.25, 0.3) is 0 Å². The molecule has 0 saturated carbocycles. The van der Waals surface area contributed by atoms with E-state index >= 15 is 0 Å². The zero-order valence-corrected chi connectivity index (χ0v) is 25.8. The Morgan fingerprint density at radius 1 is 0.953 bits per heavy atom. The van der Waals surface area contributed by atoms with Crippen molar-refractivity contribution in [2.45, 2.75) is 31.2 Å². The number of urea groups is 1. The SMILES string of the molecule is C=C1NC(=O)N(C2CN(C(c3ccccc3)(c3ccccc3)c3ccccc3)CC(CN3CCCOP3(=O)Cl)O2)C=C1C. The van der Waals surface area contributed by atoms with E-state index in [0.29, 0.717) is 31.9 Å². The van der Waals surface area contributed by atoms with E-state index in [0.717, 1.165) is 28.7 Å². The first kappa shape index (κ1) is 29.8. The molecule has 3 unspecified atom stereocenters. The van der Waals surface area contributed by atoms with Gasteiger partial charge in [-0.05, 0) is 46.8 Å². The average Bonchev–Trinajstić information content (AvgIpc) is 3.02. The Hall–Kier alpha value is -3.23. The maximum atomic E-state index is 13.3. The van der Waals surface area contributed by atoms with Gasteiger partial charge in [-0.15, -0.1) is 0 Å². The van der Waals surface area contributed by atoms with Gasteiger partial charge in [0.2, 0.25) is 0 Å². The van der Waals surface area contributed by atoms with E-state index in [1.54, 1.807) is 15.8 Å². The molecule has 224 valence electrons. The molecule has 3 aliphatic rings. The summed E-state index contributed by atoms with van der Waals surface area (Å²) in [4.78, 5) is 17.3. The molecule has 2 amide bonds. The molecular formula is C33H36ClN4O4P. The van der Waals surface area contributed by atoms with Gasteiger partial charge in [-0.1, -0.05) is 97.6 Å². The number of hydrogen-bond donors (Lipinski definition) is 1. The van der Waals surface area contributed by atoms with Crippen LogP contribution < -0.4 is 5.32 Å². The number of carbonyl (C=O) groups is 1. The van der Waals surface area contributed by atoms with Gasteiger partial charge in [0.25, 0.3) is 0 Å². The molecule has 6 rings (SSSR count). The van der Waals surface area contributed by atoms with Crippen LogP contribution in [0, 0.1) is 0 Å². The lowest BCUT2D eigenvalue weighted by Crippen LogP contribution is -2.63. The molecule has 2 saturated heterocycles. The van der Waals surface area contributed by atoms with Crippen LogP contribution in [-0.2, 0) is 19.4 Å². The van der Waals surface area contributed by atoms with Crippen molar-refractivity contribution in [3.05, 3.63) is 132 Å². The van der Waals surface area contributed by atoms with Gasteiger partial charge in [0.05, 0.1) is 18.2 Å². The fourth-order valence-electron chi connectivity index (χ4n) is 6.33. The number of carbonyl (C=O) groups excluding carboxylic acids is 1. The quantitative estimate of drug-likeness (QED) is 0.240. The molecule has 0 aromatic heterocycles. The Balaban J connectivity index is 1.51. The normalized spacial score (nSPS) is 25.7. The van der Waals surface area contributed by atoms with Gasteiger partial charge in [0, 0.05) is 38.1 Å². The maximum absolute atomic E-state index is 13.3. The predicted molar refractivity (Wildman–Crippen MR) is 168 cm³/mol. The van der Waals surface area contributed by atoms with Crippen LogP contribution in [-0.4, -0.2) is 65.6 Å². The van der Waals surface area contributed by atoms with Crippen molar-refractivity contribution in [2.75, 3.05) is 32.8 Å². The highest BCUT2D eigenvalue weighted by molar-refractivity contribution is 7.83. The van der Waals surface area contributed by atoms with E-state index in [-0.39, 0.29) is 12.6 Å². The van der Waals surface area contributed by atoms with Crippen molar-refractivity contribution in [3.8, 4) is 0 Å². The van der Waals surface area contributed by atoms with Gasteiger partial charge in [-0.2, -0.15) is 0 Å². The number of benzene rings is 3. The zero-order valence-electron chi connectivity index (χ0n) is 24.1. The third kappa shape index (κ3) is 5.84. The monoisotopic (exact) mass is 618 g/mol. The third-order valence-corrected chi connectivity index (χ3v) is 10.8. The van der Waals surface area contributed by atoms with Gasteiger partial charge >= 0.3 is 12.9 Å². The van der Waals surface area contributed by atoms with E-state index in [1.165, 1.54) is 0 Å². The third-order valence-electron chi connectivity index (χ3n) is 8.37. The molecule has 3 aromatic rings. The Labute approximate surface area is 257 Å². The minimum atomic E-state index is -3.49. The van der Waals surface area contributed by atoms with E-state index in [1.807, 2.05) is 25.1 Å². The molecule has 2 fully saturated rings. The summed E-state index contributed by atoms with van der Waals surface area (Å²) in [6, 6.07) is 30.9. The molecule has 3 heterocycles. The summed E-state index contributed by atoms with van der Waals surface area (Å²) in [5, 5.41) is 2.86. The lowest BCUT2D eigenvalue weighted by atomic mass is 9.75. The minimum absolute atomic E-state index is 0.285. The first-order valence-corrected chi connectivity index (χ1v) is 17.0. The number of halogens is 1. The molecule has 8 nitrogen and oxygen atoms in total. The van der Waals surface area contributed by atoms with Crippen LogP contribution in [0.5, 0.6) is 0 Å². The fraction of sp³-hybridized carbons (Fsp3) is 0.303. The van der Waals surface area contributed by atoms with E-state index in [4.69, 9.17) is 20.5 Å². The Bertz CT molecular complexity index is 1440. The smallest absolute Gasteiger partial charge is 0.351 e. The van der Waals surface area contributed by atoms with Crippen molar-refractivity contribution >= 4 is 24.1 Å². The number of allylic oxidation sites excluding steroid dienone is 1. The number of rotatable bonds is 7. The molecule has 0 spiro atoms. The highest BCUT2D eigenvalue weighted by Crippen LogP contribution is 2.58. The molecule has 0 radical (unpaired) electrons. The summed E-state index contributed by atoms with van der Waals surface area (Å²) in [6.45, 7) is 4.44. The largest absolute Gasteiger partial charge is 0.363 e. The Morgan fingerprint density at radius 2 is 1.51 bits per heavy atom. The number of amides is 2. The van der Waals surface area contributed by atoms with Crippen LogP contribution in [0.15, 0.2) is 115 Å². The molecule has 3 aliphatic heterocycles. The summed E-state index contributed by atoms with van der Waals surface area (Å²) >= 11 is 6.41. The van der Waals surface area contributed by atoms with Gasteiger partial charge in [-0.3, -0.25) is 14.4 Å². The van der Waals surface area contributed by atoms with Crippen molar-refractivity contribution in [2.24, 2.45) is 0 Å². The lowest BCUT2D eigenvalue weighted by Gasteiger charge is -2.52.